The highest BCUT2D eigenvalue weighted by Crippen LogP contribution is 2.30. The lowest BCUT2D eigenvalue weighted by Gasteiger charge is -2.26. The summed E-state index contributed by atoms with van der Waals surface area (Å²) in [5.74, 6) is 1.72. The smallest absolute Gasteiger partial charge is 0.290 e. The number of aromatic nitrogens is 1. The van der Waals surface area contributed by atoms with Crippen LogP contribution in [0.25, 0.3) is 0 Å². The minimum atomic E-state index is -0.386. The molecule has 0 bridgehead atoms. The Morgan fingerprint density at radius 3 is 2.92 bits per heavy atom. The van der Waals surface area contributed by atoms with Crippen LogP contribution in [0.2, 0.25) is 0 Å². The van der Waals surface area contributed by atoms with Crippen molar-refractivity contribution in [2.45, 2.75) is 32.2 Å². The molecular formula is C18H21N3O3. The molecule has 1 atom stereocenters. The zero-order valence-corrected chi connectivity index (χ0v) is 13.9. The highest BCUT2D eigenvalue weighted by molar-refractivity contribution is 5.50. The van der Waals surface area contributed by atoms with Gasteiger partial charge in [-0.25, -0.2) is 4.98 Å². The van der Waals surface area contributed by atoms with E-state index in [1.165, 1.54) is 11.8 Å². The van der Waals surface area contributed by atoms with Crippen LogP contribution in [-0.4, -0.2) is 29.6 Å². The third-order valence-corrected chi connectivity index (χ3v) is 4.58. The van der Waals surface area contributed by atoms with Crippen molar-refractivity contribution in [3.05, 3.63) is 57.8 Å². The van der Waals surface area contributed by atoms with Gasteiger partial charge < -0.3 is 9.64 Å². The second-order valence-corrected chi connectivity index (χ2v) is 6.09. The van der Waals surface area contributed by atoms with Crippen LogP contribution in [-0.2, 0) is 6.42 Å². The van der Waals surface area contributed by atoms with Crippen LogP contribution < -0.4 is 9.64 Å². The number of benzene rings is 1. The van der Waals surface area contributed by atoms with E-state index in [0.29, 0.717) is 11.6 Å². The van der Waals surface area contributed by atoms with Crippen molar-refractivity contribution in [1.29, 1.82) is 0 Å². The van der Waals surface area contributed by atoms with Gasteiger partial charge in [0, 0.05) is 18.2 Å². The number of aryl methyl sites for hydroxylation is 1. The van der Waals surface area contributed by atoms with Gasteiger partial charge in [0.2, 0.25) is 0 Å². The van der Waals surface area contributed by atoms with Gasteiger partial charge in [0.05, 0.1) is 12.0 Å². The number of hydrogen-bond acceptors (Lipinski definition) is 5. The van der Waals surface area contributed by atoms with E-state index < -0.39 is 0 Å². The van der Waals surface area contributed by atoms with Crippen molar-refractivity contribution in [1.82, 2.24) is 4.98 Å². The van der Waals surface area contributed by atoms with Crippen molar-refractivity contribution in [3.8, 4) is 5.75 Å². The Labute approximate surface area is 141 Å². The molecule has 2 aromatic rings. The number of methoxy groups -OCH3 is 1. The van der Waals surface area contributed by atoms with Gasteiger partial charge in [0.25, 0.3) is 5.69 Å². The number of rotatable bonds is 5. The van der Waals surface area contributed by atoms with Gasteiger partial charge in [-0.1, -0.05) is 18.2 Å². The second kappa shape index (κ2) is 6.86. The van der Waals surface area contributed by atoms with Crippen molar-refractivity contribution in [2.75, 3.05) is 18.6 Å². The van der Waals surface area contributed by atoms with Gasteiger partial charge in [-0.05, 0) is 43.9 Å². The molecule has 1 fully saturated rings. The Bertz CT molecular complexity index is 748. The van der Waals surface area contributed by atoms with Crippen LogP contribution in [0.4, 0.5) is 11.5 Å². The van der Waals surface area contributed by atoms with Crippen LogP contribution in [0.1, 0.15) is 24.0 Å². The third-order valence-electron chi connectivity index (χ3n) is 4.58. The molecule has 1 saturated heterocycles. The zero-order valence-electron chi connectivity index (χ0n) is 13.9. The fourth-order valence-corrected chi connectivity index (χ4v) is 3.36. The summed E-state index contributed by atoms with van der Waals surface area (Å²) >= 11 is 0. The topological polar surface area (TPSA) is 68.5 Å². The molecule has 126 valence electrons. The van der Waals surface area contributed by atoms with Crippen molar-refractivity contribution >= 4 is 11.5 Å². The summed E-state index contributed by atoms with van der Waals surface area (Å²) in [5, 5.41) is 11.0. The molecule has 0 amide bonds. The van der Waals surface area contributed by atoms with Crippen molar-refractivity contribution < 1.29 is 9.66 Å². The molecular weight excluding hydrogens is 306 g/mol. The number of anilines is 1. The first-order valence-corrected chi connectivity index (χ1v) is 8.09. The van der Waals surface area contributed by atoms with Crippen molar-refractivity contribution in [2.24, 2.45) is 0 Å². The quantitative estimate of drug-likeness (QED) is 0.621. The minimum absolute atomic E-state index is 0.0687. The normalized spacial score (nSPS) is 17.1. The molecule has 0 saturated carbocycles. The summed E-state index contributed by atoms with van der Waals surface area (Å²) < 4.78 is 5.45. The predicted molar refractivity (Wildman–Crippen MR) is 92.7 cm³/mol. The molecule has 6 nitrogen and oxygen atoms in total. The fourth-order valence-electron chi connectivity index (χ4n) is 3.36. The maximum Gasteiger partial charge on any atom is 0.290 e. The van der Waals surface area contributed by atoms with Crippen molar-refractivity contribution in [3.63, 3.8) is 0 Å². The lowest BCUT2D eigenvalue weighted by molar-refractivity contribution is -0.385. The van der Waals surface area contributed by atoms with E-state index in [2.05, 4.69) is 16.0 Å². The zero-order chi connectivity index (χ0) is 17.1. The van der Waals surface area contributed by atoms with Crippen LogP contribution >= 0.6 is 0 Å². The van der Waals surface area contributed by atoms with E-state index >= 15 is 0 Å². The first kappa shape index (κ1) is 16.2. The number of nitrogens with zero attached hydrogens (tertiary/aromatic N) is 3. The van der Waals surface area contributed by atoms with Crippen LogP contribution in [0.5, 0.6) is 5.75 Å². The Hall–Kier alpha value is -2.63. The highest BCUT2D eigenvalue weighted by atomic mass is 16.6. The Kier molecular flexibility index (Phi) is 4.64. The molecule has 0 N–H and O–H groups in total. The number of ether oxygens (including phenoxy) is 1. The molecule has 2 heterocycles. The van der Waals surface area contributed by atoms with E-state index in [9.17, 15) is 10.1 Å². The lowest BCUT2D eigenvalue weighted by atomic mass is 10.0. The Balaban J connectivity index is 1.83. The summed E-state index contributed by atoms with van der Waals surface area (Å²) in [6, 6.07) is 10.2. The molecule has 1 aromatic carbocycles. The highest BCUT2D eigenvalue weighted by Gasteiger charge is 2.27. The third kappa shape index (κ3) is 3.18. The minimum Gasteiger partial charge on any atom is -0.496 e. The Morgan fingerprint density at radius 2 is 2.21 bits per heavy atom. The fraction of sp³-hybridized carbons (Fsp3) is 0.389. The molecule has 0 aliphatic carbocycles. The summed E-state index contributed by atoms with van der Waals surface area (Å²) in [5.41, 5.74) is 1.89. The molecule has 24 heavy (non-hydrogen) atoms. The van der Waals surface area contributed by atoms with Gasteiger partial charge in [-0.3, -0.25) is 10.1 Å². The predicted octanol–water partition coefficient (Wildman–Crippen LogP) is 3.52. The SMILES string of the molecule is COc1ccccc1CC1CCCN1c1cc(C)c([N+](=O)[O-])cn1. The lowest BCUT2D eigenvalue weighted by Crippen LogP contribution is -2.31. The van der Waals surface area contributed by atoms with E-state index in [4.69, 9.17) is 4.74 Å². The maximum absolute atomic E-state index is 11.0. The average molecular weight is 327 g/mol. The molecule has 0 spiro atoms. The standard InChI is InChI=1S/C18H21N3O3/c1-13-10-18(19-12-16(13)21(22)23)20-9-5-7-15(20)11-14-6-3-4-8-17(14)24-2/h3-4,6,8,10,12,15H,5,7,9,11H2,1-2H3. The average Bonchev–Trinajstić information content (AvgIpc) is 3.03. The van der Waals surface area contributed by atoms with Gasteiger partial charge in [-0.15, -0.1) is 0 Å². The summed E-state index contributed by atoms with van der Waals surface area (Å²) in [7, 11) is 1.69. The number of nitro groups is 1. The van der Waals surface area contributed by atoms with E-state index in [1.54, 1.807) is 14.0 Å². The Morgan fingerprint density at radius 1 is 1.42 bits per heavy atom. The second-order valence-electron chi connectivity index (χ2n) is 6.09. The molecule has 1 aliphatic heterocycles. The summed E-state index contributed by atoms with van der Waals surface area (Å²) in [4.78, 5) is 17.2. The molecule has 1 aliphatic rings. The first-order chi connectivity index (χ1) is 11.6. The van der Waals surface area contributed by atoms with Gasteiger partial charge in [0.15, 0.2) is 0 Å². The molecule has 0 radical (unpaired) electrons. The van der Waals surface area contributed by atoms with E-state index in [0.717, 1.165) is 37.4 Å². The van der Waals surface area contributed by atoms with Crippen LogP contribution in [0.15, 0.2) is 36.5 Å². The van der Waals surface area contributed by atoms with E-state index in [1.807, 2.05) is 24.3 Å². The molecule has 1 aromatic heterocycles. The van der Waals surface area contributed by atoms with Gasteiger partial charge >= 0.3 is 0 Å². The molecule has 6 heteroatoms. The summed E-state index contributed by atoms with van der Waals surface area (Å²) in [6.07, 6.45) is 4.41. The molecule has 1 unspecified atom stereocenters. The number of pyridine rings is 1. The van der Waals surface area contributed by atoms with Gasteiger partial charge in [0.1, 0.15) is 17.8 Å². The summed E-state index contributed by atoms with van der Waals surface area (Å²) in [6.45, 7) is 2.68. The van der Waals surface area contributed by atoms with Crippen LogP contribution in [0, 0.1) is 17.0 Å². The largest absolute Gasteiger partial charge is 0.496 e. The van der Waals surface area contributed by atoms with E-state index in [-0.39, 0.29) is 10.6 Å². The number of hydrogen-bond donors (Lipinski definition) is 0. The van der Waals surface area contributed by atoms with Crippen LogP contribution in [0.3, 0.4) is 0 Å². The maximum atomic E-state index is 11.0. The molecule has 3 rings (SSSR count). The first-order valence-electron chi connectivity index (χ1n) is 8.09. The van der Waals surface area contributed by atoms with Gasteiger partial charge in [-0.2, -0.15) is 0 Å². The number of para-hydroxylation sites is 1. The monoisotopic (exact) mass is 327 g/mol.